The second kappa shape index (κ2) is 4.75. The highest BCUT2D eigenvalue weighted by molar-refractivity contribution is 7.56. The van der Waals surface area contributed by atoms with Gasteiger partial charge in [-0.1, -0.05) is 6.92 Å². The van der Waals surface area contributed by atoms with Crippen LogP contribution in [0.25, 0.3) is 0 Å². The van der Waals surface area contributed by atoms with E-state index in [1.807, 2.05) is 6.92 Å². The van der Waals surface area contributed by atoms with Crippen LogP contribution in [0.5, 0.6) is 0 Å². The van der Waals surface area contributed by atoms with Gasteiger partial charge in [0.05, 0.1) is 12.2 Å². The summed E-state index contributed by atoms with van der Waals surface area (Å²) in [5.41, 5.74) is 0. The average molecular weight is 221 g/mol. The second-order valence-electron chi connectivity index (χ2n) is 3.89. The van der Waals surface area contributed by atoms with Crippen molar-refractivity contribution in [2.24, 2.45) is 0 Å². The van der Waals surface area contributed by atoms with Gasteiger partial charge in [0.1, 0.15) is 0 Å². The van der Waals surface area contributed by atoms with Gasteiger partial charge < -0.3 is 9.26 Å². The lowest BCUT2D eigenvalue weighted by Crippen LogP contribution is -2.33. The molecule has 0 radical (unpaired) electrons. The molecule has 4 atom stereocenters. The molecule has 0 spiro atoms. The van der Waals surface area contributed by atoms with Crippen molar-refractivity contribution in [1.29, 1.82) is 0 Å². The molecule has 1 N–H and O–H groups in total. The molecule has 0 aliphatic carbocycles. The smallest absolute Gasteiger partial charge is 0.266 e. The molecule has 1 heterocycles. The lowest BCUT2D eigenvalue weighted by molar-refractivity contribution is 0.0483. The number of rotatable bonds is 4. The van der Waals surface area contributed by atoms with E-state index in [0.29, 0.717) is 0 Å². The summed E-state index contributed by atoms with van der Waals surface area (Å²) in [7, 11) is -1.16. The van der Waals surface area contributed by atoms with Crippen LogP contribution >= 0.6 is 7.52 Å². The summed E-state index contributed by atoms with van der Waals surface area (Å²) < 4.78 is 22.3. The first kappa shape index (κ1) is 12.2. The Morgan fingerprint density at radius 2 is 2.29 bits per heavy atom. The summed E-state index contributed by atoms with van der Waals surface area (Å²) in [6, 6.07) is 0.158. The van der Waals surface area contributed by atoms with Gasteiger partial charge in [0.2, 0.25) is 0 Å². The van der Waals surface area contributed by atoms with Crippen LogP contribution in [0.3, 0.4) is 0 Å². The van der Waals surface area contributed by atoms with E-state index in [4.69, 9.17) is 9.26 Å². The molecule has 1 aliphatic rings. The highest BCUT2D eigenvalue weighted by atomic mass is 31.2. The minimum atomic E-state index is -2.63. The van der Waals surface area contributed by atoms with Gasteiger partial charge in [0, 0.05) is 19.8 Å². The fourth-order valence-corrected chi connectivity index (χ4v) is 2.81. The number of ether oxygens (including phenoxy) is 1. The molecule has 0 saturated carbocycles. The van der Waals surface area contributed by atoms with Crippen LogP contribution in [-0.4, -0.2) is 32.0 Å². The maximum Gasteiger partial charge on any atom is 0.266 e. The van der Waals surface area contributed by atoms with Crippen molar-refractivity contribution >= 4 is 7.52 Å². The fraction of sp³-hybridized carbons (Fsp3) is 1.00. The predicted octanol–water partition coefficient (Wildman–Crippen LogP) is 2.00. The van der Waals surface area contributed by atoms with Crippen molar-refractivity contribution in [2.45, 2.75) is 44.9 Å². The highest BCUT2D eigenvalue weighted by Gasteiger charge is 2.34. The molecule has 1 fully saturated rings. The third-order valence-electron chi connectivity index (χ3n) is 2.59. The van der Waals surface area contributed by atoms with Gasteiger partial charge in [-0.25, -0.2) is 5.09 Å². The SMILES string of the molecule is CC[C@H]1O[C@@H](C)CC1NP(C)(=O)OC. The normalized spacial score (nSPS) is 37.0. The van der Waals surface area contributed by atoms with E-state index in [2.05, 4.69) is 12.0 Å². The molecule has 14 heavy (non-hydrogen) atoms. The second-order valence-corrected chi connectivity index (χ2v) is 6.21. The number of nitrogens with one attached hydrogen (secondary N) is 1. The summed E-state index contributed by atoms with van der Waals surface area (Å²) in [5, 5.41) is 3.04. The molecule has 1 saturated heterocycles. The molecule has 0 bridgehead atoms. The molecular weight excluding hydrogens is 201 g/mol. The van der Waals surface area contributed by atoms with Crippen molar-refractivity contribution in [3.8, 4) is 0 Å². The molecule has 5 heteroatoms. The van der Waals surface area contributed by atoms with Gasteiger partial charge in [0.15, 0.2) is 0 Å². The zero-order valence-electron chi connectivity index (χ0n) is 9.32. The van der Waals surface area contributed by atoms with Crippen molar-refractivity contribution < 1.29 is 13.8 Å². The summed E-state index contributed by atoms with van der Waals surface area (Å²) in [6.07, 6.45) is 2.24. The van der Waals surface area contributed by atoms with Gasteiger partial charge in [0.25, 0.3) is 7.52 Å². The summed E-state index contributed by atoms with van der Waals surface area (Å²) in [6.45, 7) is 5.71. The van der Waals surface area contributed by atoms with Crippen LogP contribution in [-0.2, 0) is 13.8 Å². The monoisotopic (exact) mass is 221 g/mol. The maximum atomic E-state index is 11.7. The van der Waals surface area contributed by atoms with E-state index in [1.165, 1.54) is 7.11 Å². The van der Waals surface area contributed by atoms with Gasteiger partial charge in [-0.2, -0.15) is 0 Å². The minimum Gasteiger partial charge on any atom is -0.374 e. The first-order chi connectivity index (χ1) is 6.48. The quantitative estimate of drug-likeness (QED) is 0.737. The number of hydrogen-bond donors (Lipinski definition) is 1. The van der Waals surface area contributed by atoms with Crippen LogP contribution in [0.2, 0.25) is 0 Å². The molecule has 1 rings (SSSR count). The zero-order valence-corrected chi connectivity index (χ0v) is 10.2. The van der Waals surface area contributed by atoms with Gasteiger partial charge in [-0.15, -0.1) is 0 Å². The zero-order chi connectivity index (χ0) is 10.8. The fourth-order valence-electron chi connectivity index (χ4n) is 1.83. The van der Waals surface area contributed by atoms with Crippen molar-refractivity contribution in [3.05, 3.63) is 0 Å². The van der Waals surface area contributed by atoms with Crippen LogP contribution in [0.15, 0.2) is 0 Å². The van der Waals surface area contributed by atoms with Crippen LogP contribution < -0.4 is 5.09 Å². The molecule has 0 aromatic heterocycles. The van der Waals surface area contributed by atoms with Gasteiger partial charge in [-0.3, -0.25) is 4.57 Å². The first-order valence-corrected chi connectivity index (χ1v) is 7.12. The topological polar surface area (TPSA) is 47.6 Å². The Bertz CT molecular complexity index is 234. The lowest BCUT2D eigenvalue weighted by Gasteiger charge is -2.21. The molecule has 2 unspecified atom stereocenters. The molecule has 1 aliphatic heterocycles. The van der Waals surface area contributed by atoms with E-state index >= 15 is 0 Å². The Hall–Kier alpha value is 0.110. The highest BCUT2D eigenvalue weighted by Crippen LogP contribution is 2.39. The van der Waals surface area contributed by atoms with E-state index in [1.54, 1.807) is 6.66 Å². The van der Waals surface area contributed by atoms with Crippen molar-refractivity contribution in [2.75, 3.05) is 13.8 Å². The molecular formula is C9H20NO3P. The third-order valence-corrected chi connectivity index (χ3v) is 4.09. The van der Waals surface area contributed by atoms with Gasteiger partial charge >= 0.3 is 0 Å². The predicted molar refractivity (Wildman–Crippen MR) is 56.7 cm³/mol. The maximum absolute atomic E-state index is 11.7. The van der Waals surface area contributed by atoms with E-state index in [-0.39, 0.29) is 18.2 Å². The summed E-state index contributed by atoms with van der Waals surface area (Å²) in [4.78, 5) is 0. The molecule has 0 aromatic rings. The van der Waals surface area contributed by atoms with E-state index in [9.17, 15) is 4.57 Å². The van der Waals surface area contributed by atoms with Crippen LogP contribution in [0.1, 0.15) is 26.7 Å². The molecule has 0 aromatic carbocycles. The third kappa shape index (κ3) is 3.06. The average Bonchev–Trinajstić information content (AvgIpc) is 2.45. The summed E-state index contributed by atoms with van der Waals surface area (Å²) in [5.74, 6) is 0. The van der Waals surface area contributed by atoms with Crippen LogP contribution in [0.4, 0.5) is 0 Å². The lowest BCUT2D eigenvalue weighted by atomic mass is 10.1. The van der Waals surface area contributed by atoms with Gasteiger partial charge in [-0.05, 0) is 19.8 Å². The Kier molecular flexibility index (Phi) is 4.14. The largest absolute Gasteiger partial charge is 0.374 e. The molecule has 0 amide bonds. The Morgan fingerprint density at radius 3 is 2.79 bits per heavy atom. The first-order valence-electron chi connectivity index (χ1n) is 5.05. The molecule has 4 nitrogen and oxygen atoms in total. The Morgan fingerprint density at radius 1 is 1.64 bits per heavy atom. The standard InChI is InChI=1S/C9H20NO3P/c1-5-9-8(6-7(2)13-9)10-14(4,11)12-3/h7-9H,5-6H2,1-4H3,(H,10,11)/t7-,8?,9+,14?/m0/s1. The van der Waals surface area contributed by atoms with Crippen molar-refractivity contribution in [1.82, 2.24) is 5.09 Å². The van der Waals surface area contributed by atoms with E-state index in [0.717, 1.165) is 12.8 Å². The van der Waals surface area contributed by atoms with Crippen LogP contribution in [0, 0.1) is 0 Å². The molecule has 84 valence electrons. The van der Waals surface area contributed by atoms with E-state index < -0.39 is 7.52 Å². The Balaban J connectivity index is 2.55. The number of hydrogen-bond acceptors (Lipinski definition) is 3. The Labute approximate surface area is 85.9 Å². The minimum absolute atomic E-state index is 0.158. The summed E-state index contributed by atoms with van der Waals surface area (Å²) >= 11 is 0. The van der Waals surface area contributed by atoms with Crippen molar-refractivity contribution in [3.63, 3.8) is 0 Å².